The van der Waals surface area contributed by atoms with Gasteiger partial charge < -0.3 is 5.32 Å². The van der Waals surface area contributed by atoms with E-state index in [-0.39, 0.29) is 17.3 Å². The van der Waals surface area contributed by atoms with Crippen molar-refractivity contribution in [3.05, 3.63) is 58.6 Å². The monoisotopic (exact) mass is 422 g/mol. The number of amides is 2. The van der Waals surface area contributed by atoms with Gasteiger partial charge in [-0.3, -0.25) is 9.59 Å². The van der Waals surface area contributed by atoms with E-state index in [1.54, 1.807) is 25.1 Å². The summed E-state index contributed by atoms with van der Waals surface area (Å²) in [5.41, 5.74) is 1.24. The molecule has 0 bridgehead atoms. The van der Waals surface area contributed by atoms with Gasteiger partial charge in [0.1, 0.15) is 0 Å². The van der Waals surface area contributed by atoms with E-state index < -0.39 is 21.8 Å². The fraction of sp³-hybridized carbons (Fsp3) is 0.176. The number of sulfonamides is 1. The summed E-state index contributed by atoms with van der Waals surface area (Å²) < 4.78 is 25.8. The first kappa shape index (κ1) is 17.6. The van der Waals surface area contributed by atoms with Crippen molar-refractivity contribution >= 4 is 49.1 Å². The Hall–Kier alpha value is -2.19. The van der Waals surface area contributed by atoms with E-state index >= 15 is 0 Å². The number of carbonyl (C=O) groups excluding carboxylic acids is 2. The second-order valence-electron chi connectivity index (χ2n) is 5.79. The molecule has 3 rings (SSSR count). The van der Waals surface area contributed by atoms with Crippen LogP contribution in [-0.2, 0) is 14.8 Å². The first-order valence-electron chi connectivity index (χ1n) is 7.52. The van der Waals surface area contributed by atoms with Gasteiger partial charge >= 0.3 is 0 Å². The number of nitrogens with zero attached hydrogens (tertiary/aromatic N) is 1. The van der Waals surface area contributed by atoms with Crippen LogP contribution in [0.1, 0.15) is 17.3 Å². The summed E-state index contributed by atoms with van der Waals surface area (Å²) in [7, 11) is -3.65. The fourth-order valence-corrected chi connectivity index (χ4v) is 4.82. The molecule has 2 aromatic carbocycles. The molecular weight excluding hydrogens is 408 g/mol. The Morgan fingerprint density at radius 2 is 1.88 bits per heavy atom. The summed E-state index contributed by atoms with van der Waals surface area (Å²) in [4.78, 5) is 24.4. The molecular formula is C17H15BrN2O4S. The molecule has 130 valence electrons. The highest BCUT2D eigenvalue weighted by molar-refractivity contribution is 9.10. The summed E-state index contributed by atoms with van der Waals surface area (Å²) in [5.74, 6) is -1.54. The van der Waals surface area contributed by atoms with Crippen molar-refractivity contribution in [1.29, 1.82) is 0 Å². The van der Waals surface area contributed by atoms with Gasteiger partial charge in [-0.05, 0) is 42.5 Å². The van der Waals surface area contributed by atoms with Crippen LogP contribution in [0.2, 0.25) is 0 Å². The molecule has 0 radical (unpaired) electrons. The topological polar surface area (TPSA) is 83.6 Å². The van der Waals surface area contributed by atoms with E-state index in [2.05, 4.69) is 21.2 Å². The highest BCUT2D eigenvalue weighted by Crippen LogP contribution is 2.28. The maximum absolute atomic E-state index is 12.3. The Morgan fingerprint density at radius 1 is 1.20 bits per heavy atom. The van der Waals surface area contributed by atoms with Crippen molar-refractivity contribution in [3.8, 4) is 0 Å². The van der Waals surface area contributed by atoms with E-state index in [0.29, 0.717) is 11.3 Å². The van der Waals surface area contributed by atoms with Gasteiger partial charge in [-0.15, -0.1) is 0 Å². The highest BCUT2D eigenvalue weighted by Gasteiger charge is 2.41. The van der Waals surface area contributed by atoms with E-state index in [9.17, 15) is 18.0 Å². The molecule has 1 aliphatic heterocycles. The number of carbonyl (C=O) groups is 2. The molecule has 25 heavy (non-hydrogen) atoms. The Kier molecular flexibility index (Phi) is 4.66. The lowest BCUT2D eigenvalue weighted by atomic mass is 10.1. The lowest BCUT2D eigenvalue weighted by molar-refractivity contribution is -0.119. The lowest BCUT2D eigenvalue weighted by Gasteiger charge is -2.15. The predicted molar refractivity (Wildman–Crippen MR) is 99.0 cm³/mol. The van der Waals surface area contributed by atoms with Crippen LogP contribution in [0.4, 0.5) is 11.4 Å². The van der Waals surface area contributed by atoms with Crippen LogP contribution in [-0.4, -0.2) is 26.0 Å². The van der Waals surface area contributed by atoms with Gasteiger partial charge in [0.2, 0.25) is 15.9 Å². The third kappa shape index (κ3) is 3.59. The molecule has 1 unspecified atom stereocenters. The van der Waals surface area contributed by atoms with Crippen LogP contribution in [0.15, 0.2) is 53.0 Å². The molecule has 1 atom stereocenters. The third-order valence-electron chi connectivity index (χ3n) is 3.81. The lowest BCUT2D eigenvalue weighted by Crippen LogP contribution is -2.30. The minimum absolute atomic E-state index is 0.197. The molecule has 2 aromatic rings. The SMILES string of the molecule is CC1CS(=O)(=O)N(c2ccc(C(=O)Nc3cccc(Br)c3)cc2)C1=O. The third-order valence-corrected chi connectivity index (χ3v) is 6.17. The number of nitrogens with one attached hydrogen (secondary N) is 1. The average molecular weight is 423 g/mol. The zero-order valence-electron chi connectivity index (χ0n) is 13.3. The highest BCUT2D eigenvalue weighted by atomic mass is 79.9. The van der Waals surface area contributed by atoms with Gasteiger partial charge in [0.05, 0.1) is 17.4 Å². The first-order valence-corrected chi connectivity index (χ1v) is 9.92. The number of benzene rings is 2. The second-order valence-corrected chi connectivity index (χ2v) is 8.57. The van der Waals surface area contributed by atoms with Crippen LogP contribution in [0.5, 0.6) is 0 Å². The van der Waals surface area contributed by atoms with Crippen LogP contribution >= 0.6 is 15.9 Å². The first-order chi connectivity index (χ1) is 11.8. The smallest absolute Gasteiger partial charge is 0.255 e. The molecule has 0 saturated carbocycles. The van der Waals surface area contributed by atoms with E-state index in [1.165, 1.54) is 24.3 Å². The minimum Gasteiger partial charge on any atom is -0.322 e. The standard InChI is InChI=1S/C17H15BrN2O4S/c1-11-10-25(23,24)20(17(11)22)15-7-5-12(6-8-15)16(21)19-14-4-2-3-13(18)9-14/h2-9,11H,10H2,1H3,(H,19,21). The van der Waals surface area contributed by atoms with Gasteiger partial charge in [0.15, 0.2) is 0 Å². The summed E-state index contributed by atoms with van der Waals surface area (Å²) in [6.07, 6.45) is 0. The number of anilines is 2. The fourth-order valence-electron chi connectivity index (χ4n) is 2.60. The summed E-state index contributed by atoms with van der Waals surface area (Å²) >= 11 is 3.33. The van der Waals surface area contributed by atoms with Crippen molar-refractivity contribution in [2.24, 2.45) is 5.92 Å². The second kappa shape index (κ2) is 6.61. The molecule has 1 heterocycles. The maximum atomic E-state index is 12.3. The zero-order valence-corrected chi connectivity index (χ0v) is 15.7. The normalized spacial score (nSPS) is 19.0. The molecule has 1 N–H and O–H groups in total. The van der Waals surface area contributed by atoms with E-state index in [4.69, 9.17) is 0 Å². The van der Waals surface area contributed by atoms with Crippen LogP contribution in [0, 0.1) is 5.92 Å². The van der Waals surface area contributed by atoms with Gasteiger partial charge in [-0.1, -0.05) is 28.9 Å². The number of halogens is 1. The number of rotatable bonds is 3. The number of hydrogen-bond donors (Lipinski definition) is 1. The van der Waals surface area contributed by atoms with Crippen LogP contribution in [0.25, 0.3) is 0 Å². The number of hydrogen-bond acceptors (Lipinski definition) is 4. The molecule has 8 heteroatoms. The summed E-state index contributed by atoms with van der Waals surface area (Å²) in [5, 5.41) is 2.75. The molecule has 1 fully saturated rings. The largest absolute Gasteiger partial charge is 0.322 e. The molecule has 0 spiro atoms. The quantitative estimate of drug-likeness (QED) is 0.823. The molecule has 0 aliphatic carbocycles. The summed E-state index contributed by atoms with van der Waals surface area (Å²) in [6.45, 7) is 1.58. The Morgan fingerprint density at radius 3 is 2.44 bits per heavy atom. The van der Waals surface area contributed by atoms with Crippen molar-refractivity contribution in [2.75, 3.05) is 15.4 Å². The Balaban J connectivity index is 1.81. The van der Waals surface area contributed by atoms with Crippen molar-refractivity contribution in [2.45, 2.75) is 6.92 Å². The molecule has 2 amide bonds. The van der Waals surface area contributed by atoms with Crippen molar-refractivity contribution in [3.63, 3.8) is 0 Å². The Bertz CT molecular complexity index is 941. The average Bonchev–Trinajstić information content (AvgIpc) is 2.75. The van der Waals surface area contributed by atoms with Crippen molar-refractivity contribution in [1.82, 2.24) is 0 Å². The molecule has 6 nitrogen and oxygen atoms in total. The molecule has 1 saturated heterocycles. The minimum atomic E-state index is -3.65. The van der Waals surface area contributed by atoms with Crippen molar-refractivity contribution < 1.29 is 18.0 Å². The Labute approximate surface area is 154 Å². The van der Waals surface area contributed by atoms with Gasteiger partial charge in [-0.25, -0.2) is 12.7 Å². The zero-order chi connectivity index (χ0) is 18.2. The predicted octanol–water partition coefficient (Wildman–Crippen LogP) is 3.01. The summed E-state index contributed by atoms with van der Waals surface area (Å²) in [6, 6.07) is 13.1. The van der Waals surface area contributed by atoms with E-state index in [0.717, 1.165) is 8.78 Å². The maximum Gasteiger partial charge on any atom is 0.255 e. The molecule has 0 aromatic heterocycles. The van der Waals surface area contributed by atoms with Gasteiger partial charge in [-0.2, -0.15) is 0 Å². The molecule has 1 aliphatic rings. The van der Waals surface area contributed by atoms with E-state index in [1.807, 2.05) is 6.07 Å². The van der Waals surface area contributed by atoms with Crippen LogP contribution in [0.3, 0.4) is 0 Å². The van der Waals surface area contributed by atoms with Gasteiger partial charge in [0, 0.05) is 15.7 Å². The van der Waals surface area contributed by atoms with Gasteiger partial charge in [0.25, 0.3) is 5.91 Å². The van der Waals surface area contributed by atoms with Crippen LogP contribution < -0.4 is 9.62 Å².